The quantitative estimate of drug-likeness (QED) is 0.445. The Morgan fingerprint density at radius 2 is 2.17 bits per heavy atom. The van der Waals surface area contributed by atoms with Gasteiger partial charge >= 0.3 is 0 Å². The molecule has 0 atom stereocenters. The fraction of sp³-hybridized carbons (Fsp3) is 1.00. The van der Waals surface area contributed by atoms with E-state index in [2.05, 4.69) is 16.5 Å². The minimum atomic E-state index is 0.516. The molecule has 0 amide bonds. The molecule has 38 valence electrons. The van der Waals surface area contributed by atoms with Crippen molar-refractivity contribution < 1.29 is 3.63 Å². The molecule has 0 radical (unpaired) electrons. The Labute approximate surface area is 48.3 Å². The van der Waals surface area contributed by atoms with E-state index in [1.165, 1.54) is 12.0 Å². The first-order valence-electron chi connectivity index (χ1n) is 1.74. The molecule has 0 bridgehead atoms. The first-order valence-corrected chi connectivity index (χ1v) is 2.91. The van der Waals surface area contributed by atoms with Crippen LogP contribution in [0.3, 0.4) is 0 Å². The summed E-state index contributed by atoms with van der Waals surface area (Å²) in [6.07, 6.45) is 0. The molecule has 0 saturated heterocycles. The van der Waals surface area contributed by atoms with Crippen LogP contribution in [0.5, 0.6) is 0 Å². The van der Waals surface area contributed by atoms with Crippen LogP contribution in [-0.4, -0.2) is 5.25 Å². The van der Waals surface area contributed by atoms with E-state index in [-0.39, 0.29) is 0 Å². The molecule has 0 aromatic carbocycles. The molecule has 0 unspecified atom stereocenters. The Kier molecular flexibility index (Phi) is 4.26. The molecule has 1 nitrogen and oxygen atoms in total. The highest BCUT2D eigenvalue weighted by Crippen LogP contribution is 2.10. The molecule has 0 aromatic heterocycles. The van der Waals surface area contributed by atoms with Gasteiger partial charge in [-0.3, -0.25) is 3.63 Å². The lowest BCUT2D eigenvalue weighted by Gasteiger charge is -1.94. The predicted octanol–water partition coefficient (Wildman–Crippen LogP) is 1.90. The van der Waals surface area contributed by atoms with Gasteiger partial charge in [0.1, 0.15) is 0 Å². The number of thiol groups is 1. The number of rotatable bonds is 2. The maximum Gasteiger partial charge on any atom is 0.0267 e. The Morgan fingerprint density at radius 3 is 2.17 bits per heavy atom. The predicted molar refractivity (Wildman–Crippen MR) is 32.8 cm³/mol. The van der Waals surface area contributed by atoms with E-state index in [1.54, 1.807) is 0 Å². The summed E-state index contributed by atoms with van der Waals surface area (Å²) in [4.78, 5) is 0. The van der Waals surface area contributed by atoms with Crippen molar-refractivity contribution in [3.63, 3.8) is 0 Å². The molecular weight excluding hydrogens is 116 g/mol. The zero-order valence-corrected chi connectivity index (χ0v) is 5.55. The molecule has 3 heteroatoms. The first-order chi connectivity index (χ1) is 2.77. The zero-order valence-electron chi connectivity index (χ0n) is 3.84. The Hall–Kier alpha value is 0.660. The van der Waals surface area contributed by atoms with Gasteiger partial charge in [-0.05, 0) is 12.9 Å². The fourth-order valence-corrected chi connectivity index (χ4v) is 0.775. The van der Waals surface area contributed by atoms with Crippen molar-refractivity contribution in [3.8, 4) is 0 Å². The average Bonchev–Trinajstić information content (AvgIpc) is 1.35. The smallest absolute Gasteiger partial charge is 0.0267 e. The molecule has 0 aromatic rings. The molecule has 0 N–H and O–H groups in total. The van der Waals surface area contributed by atoms with E-state index in [1.807, 2.05) is 13.8 Å². The highest BCUT2D eigenvalue weighted by molar-refractivity contribution is 8.01. The van der Waals surface area contributed by atoms with Crippen LogP contribution >= 0.6 is 25.0 Å². The first kappa shape index (κ1) is 6.66. The van der Waals surface area contributed by atoms with Crippen molar-refractivity contribution in [2.45, 2.75) is 19.1 Å². The summed E-state index contributed by atoms with van der Waals surface area (Å²) in [6.45, 7) is 4.09. The molecule has 0 spiro atoms. The summed E-state index contributed by atoms with van der Waals surface area (Å²) in [5.41, 5.74) is 0. The largest absolute Gasteiger partial charge is 0.250 e. The van der Waals surface area contributed by atoms with Crippen LogP contribution in [0.2, 0.25) is 0 Å². The Morgan fingerprint density at radius 1 is 1.67 bits per heavy atom. The number of hydrogen-bond acceptors (Lipinski definition) is 3. The lowest BCUT2D eigenvalue weighted by Crippen LogP contribution is -1.81. The topological polar surface area (TPSA) is 9.23 Å². The van der Waals surface area contributed by atoms with E-state index in [0.29, 0.717) is 5.25 Å². The van der Waals surface area contributed by atoms with Crippen molar-refractivity contribution in [1.82, 2.24) is 0 Å². The highest BCUT2D eigenvalue weighted by Gasteiger charge is 1.88. The fourth-order valence-electron chi connectivity index (χ4n) is 0.0861. The third-order valence-electron chi connectivity index (χ3n) is 0.235. The van der Waals surface area contributed by atoms with Crippen LogP contribution in [0.1, 0.15) is 13.8 Å². The summed E-state index contributed by atoms with van der Waals surface area (Å²) >= 11 is 4.87. The van der Waals surface area contributed by atoms with Crippen molar-refractivity contribution in [3.05, 3.63) is 0 Å². The minimum absolute atomic E-state index is 0.516. The van der Waals surface area contributed by atoms with E-state index in [4.69, 9.17) is 0 Å². The van der Waals surface area contributed by atoms with Crippen molar-refractivity contribution >= 4 is 25.0 Å². The van der Waals surface area contributed by atoms with Crippen LogP contribution in [0.15, 0.2) is 0 Å². The molecule has 0 rings (SSSR count). The monoisotopic (exact) mass is 124 g/mol. The van der Waals surface area contributed by atoms with Gasteiger partial charge in [0.2, 0.25) is 0 Å². The molecule has 0 aliphatic carbocycles. The highest BCUT2D eigenvalue weighted by atomic mass is 32.2. The van der Waals surface area contributed by atoms with Crippen LogP contribution < -0.4 is 0 Å². The summed E-state index contributed by atoms with van der Waals surface area (Å²) in [6, 6.07) is 0. The van der Waals surface area contributed by atoms with Crippen LogP contribution in [0.25, 0.3) is 0 Å². The summed E-state index contributed by atoms with van der Waals surface area (Å²) < 4.78 is 4.41. The third kappa shape index (κ3) is 4.66. The average molecular weight is 124 g/mol. The molecule has 0 fully saturated rings. The van der Waals surface area contributed by atoms with Gasteiger partial charge < -0.3 is 0 Å². The standard InChI is InChI=1S/C3H8OS2/c1-3(2)6-4-5/h3,5H,1-2H3. The Bertz CT molecular complexity index is 30.0. The summed E-state index contributed by atoms with van der Waals surface area (Å²) in [7, 11) is 0. The number of hydrogen-bond donors (Lipinski definition) is 1. The van der Waals surface area contributed by atoms with Crippen molar-refractivity contribution in [2.75, 3.05) is 0 Å². The van der Waals surface area contributed by atoms with E-state index in [9.17, 15) is 0 Å². The van der Waals surface area contributed by atoms with Crippen LogP contribution in [0, 0.1) is 0 Å². The maximum atomic E-state index is 4.41. The lowest BCUT2D eigenvalue weighted by atomic mass is 10.6. The van der Waals surface area contributed by atoms with Gasteiger partial charge in [-0.15, -0.1) is 0 Å². The van der Waals surface area contributed by atoms with E-state index in [0.717, 1.165) is 0 Å². The molecule has 0 aliphatic rings. The SMILES string of the molecule is CC(C)SOS. The summed E-state index contributed by atoms with van der Waals surface area (Å²) in [5, 5.41) is 0.516. The molecule has 0 heterocycles. The second-order valence-corrected chi connectivity index (χ2v) is 2.95. The van der Waals surface area contributed by atoms with Crippen LogP contribution in [-0.2, 0) is 3.63 Å². The van der Waals surface area contributed by atoms with Gasteiger partial charge in [-0.2, -0.15) is 0 Å². The third-order valence-corrected chi connectivity index (χ3v) is 0.965. The van der Waals surface area contributed by atoms with Crippen molar-refractivity contribution in [2.24, 2.45) is 0 Å². The normalized spacial score (nSPS) is 10.0. The molecular formula is C3H8OS2. The molecule has 0 aliphatic heterocycles. The van der Waals surface area contributed by atoms with E-state index < -0.39 is 0 Å². The van der Waals surface area contributed by atoms with Gasteiger partial charge in [0.25, 0.3) is 0 Å². The lowest BCUT2D eigenvalue weighted by molar-refractivity contribution is 0.761. The summed E-state index contributed by atoms with van der Waals surface area (Å²) in [5.74, 6) is 0. The van der Waals surface area contributed by atoms with Gasteiger partial charge in [0.05, 0.1) is 0 Å². The van der Waals surface area contributed by atoms with E-state index >= 15 is 0 Å². The maximum absolute atomic E-state index is 4.41. The zero-order chi connectivity index (χ0) is 4.99. The van der Waals surface area contributed by atoms with Crippen LogP contribution in [0.4, 0.5) is 0 Å². The second kappa shape index (κ2) is 3.84. The second-order valence-electron chi connectivity index (χ2n) is 1.22. The van der Waals surface area contributed by atoms with Crippen molar-refractivity contribution in [1.29, 1.82) is 0 Å². The van der Waals surface area contributed by atoms with Gasteiger partial charge in [-0.25, -0.2) is 0 Å². The van der Waals surface area contributed by atoms with Gasteiger partial charge in [0.15, 0.2) is 0 Å². The Balaban J connectivity index is 2.63. The van der Waals surface area contributed by atoms with Gasteiger partial charge in [-0.1, -0.05) is 13.8 Å². The molecule has 0 saturated carbocycles. The molecule has 6 heavy (non-hydrogen) atoms. The minimum Gasteiger partial charge on any atom is -0.250 e. The van der Waals surface area contributed by atoms with Gasteiger partial charge in [0, 0.05) is 17.3 Å².